The van der Waals surface area contributed by atoms with E-state index in [1.807, 2.05) is 47.2 Å². The van der Waals surface area contributed by atoms with E-state index in [4.69, 9.17) is 0 Å². The fourth-order valence-corrected chi connectivity index (χ4v) is 3.14. The van der Waals surface area contributed by atoms with Crippen LogP contribution >= 0.6 is 11.3 Å². The maximum Gasteiger partial charge on any atom is 0.249 e. The molecule has 3 rings (SSSR count). The van der Waals surface area contributed by atoms with Crippen molar-refractivity contribution in [2.45, 2.75) is 18.9 Å². The molecule has 1 aromatic heterocycles. The number of hydrogen-bond acceptors (Lipinski definition) is 3. The number of carbonyl (C=O) groups is 2. The molecule has 0 saturated carbocycles. The molecule has 0 aliphatic carbocycles. The summed E-state index contributed by atoms with van der Waals surface area (Å²) in [5.74, 6) is -0.106. The highest BCUT2D eigenvalue weighted by Crippen LogP contribution is 2.21. The number of carbonyl (C=O) groups excluding carboxylic acids is 2. The van der Waals surface area contributed by atoms with Gasteiger partial charge in [-0.2, -0.15) is 11.3 Å². The Morgan fingerprint density at radius 1 is 1.19 bits per heavy atom. The summed E-state index contributed by atoms with van der Waals surface area (Å²) in [7, 11) is 0. The highest BCUT2D eigenvalue weighted by molar-refractivity contribution is 7.08. The van der Waals surface area contributed by atoms with Crippen molar-refractivity contribution < 1.29 is 9.59 Å². The summed E-state index contributed by atoms with van der Waals surface area (Å²) in [5, 5.41) is 6.72. The van der Waals surface area contributed by atoms with Crippen LogP contribution in [0.2, 0.25) is 0 Å². The smallest absolute Gasteiger partial charge is 0.249 e. The van der Waals surface area contributed by atoms with Crippen LogP contribution in [0, 0.1) is 0 Å². The lowest BCUT2D eigenvalue weighted by atomic mass is 10.1. The quantitative estimate of drug-likeness (QED) is 0.945. The number of nitrogens with zero attached hydrogens (tertiary/aromatic N) is 1. The molecule has 0 radical (unpaired) electrons. The fourth-order valence-electron chi connectivity index (χ4n) is 2.50. The van der Waals surface area contributed by atoms with Crippen molar-refractivity contribution in [2.75, 3.05) is 11.4 Å². The van der Waals surface area contributed by atoms with E-state index in [1.165, 1.54) is 0 Å². The van der Waals surface area contributed by atoms with Crippen LogP contribution in [-0.2, 0) is 16.0 Å². The molecular formula is C16H16N2O2S. The molecule has 1 fully saturated rings. The van der Waals surface area contributed by atoms with Crippen molar-refractivity contribution in [3.8, 4) is 0 Å². The molecule has 2 amide bonds. The molecule has 1 atom stereocenters. The molecule has 1 saturated heterocycles. The van der Waals surface area contributed by atoms with Crippen molar-refractivity contribution >= 4 is 28.8 Å². The lowest BCUT2D eigenvalue weighted by Crippen LogP contribution is -2.46. The zero-order valence-electron chi connectivity index (χ0n) is 11.5. The van der Waals surface area contributed by atoms with Gasteiger partial charge in [0.15, 0.2) is 0 Å². The summed E-state index contributed by atoms with van der Waals surface area (Å²) >= 11 is 1.55. The molecule has 0 spiro atoms. The van der Waals surface area contributed by atoms with E-state index in [1.54, 1.807) is 16.2 Å². The van der Waals surface area contributed by atoms with Crippen LogP contribution in [0.15, 0.2) is 47.2 Å². The van der Waals surface area contributed by atoms with Crippen molar-refractivity contribution in [1.82, 2.24) is 5.32 Å². The number of rotatable bonds is 3. The van der Waals surface area contributed by atoms with Gasteiger partial charge in [-0.3, -0.25) is 9.59 Å². The minimum Gasteiger partial charge on any atom is -0.344 e. The molecular weight excluding hydrogens is 284 g/mol. The largest absolute Gasteiger partial charge is 0.344 e. The lowest BCUT2D eigenvalue weighted by molar-refractivity contribution is -0.125. The van der Waals surface area contributed by atoms with Crippen LogP contribution in [0.4, 0.5) is 5.69 Å². The third kappa shape index (κ3) is 3.13. The van der Waals surface area contributed by atoms with Crippen molar-refractivity contribution in [3.05, 3.63) is 52.7 Å². The summed E-state index contributed by atoms with van der Waals surface area (Å²) < 4.78 is 0. The van der Waals surface area contributed by atoms with E-state index >= 15 is 0 Å². The average molecular weight is 300 g/mol. The first-order valence-electron chi connectivity index (χ1n) is 6.91. The molecule has 2 aromatic rings. The van der Waals surface area contributed by atoms with E-state index in [-0.39, 0.29) is 11.8 Å². The second kappa shape index (κ2) is 6.10. The summed E-state index contributed by atoms with van der Waals surface area (Å²) in [6.45, 7) is 0.437. The molecule has 5 heteroatoms. The van der Waals surface area contributed by atoms with Gasteiger partial charge in [0, 0.05) is 24.8 Å². The molecule has 1 aliphatic rings. The van der Waals surface area contributed by atoms with Gasteiger partial charge < -0.3 is 10.2 Å². The SMILES string of the molecule is O=C1CCN(c2ccsc2)C(=O)C(Cc2ccccc2)N1. The van der Waals surface area contributed by atoms with Gasteiger partial charge >= 0.3 is 0 Å². The molecule has 1 aromatic carbocycles. The zero-order valence-corrected chi connectivity index (χ0v) is 12.3. The molecule has 1 aliphatic heterocycles. The average Bonchev–Trinajstić information content (AvgIpc) is 2.97. The second-order valence-electron chi connectivity index (χ2n) is 5.03. The Morgan fingerprint density at radius 3 is 2.71 bits per heavy atom. The van der Waals surface area contributed by atoms with Crippen LogP contribution < -0.4 is 10.2 Å². The lowest BCUT2D eigenvalue weighted by Gasteiger charge is -2.23. The molecule has 1 unspecified atom stereocenters. The van der Waals surface area contributed by atoms with Gasteiger partial charge in [-0.1, -0.05) is 30.3 Å². The van der Waals surface area contributed by atoms with Crippen molar-refractivity contribution in [3.63, 3.8) is 0 Å². The van der Waals surface area contributed by atoms with Gasteiger partial charge in [-0.05, 0) is 17.0 Å². The Balaban J connectivity index is 1.84. The Kier molecular flexibility index (Phi) is 4.01. The standard InChI is InChI=1S/C16H16N2O2S/c19-15-6-8-18(13-7-9-21-11-13)16(20)14(17-15)10-12-4-2-1-3-5-12/h1-5,7,9,11,14H,6,8,10H2,(H,17,19). The minimum absolute atomic E-state index is 0.0388. The molecule has 2 heterocycles. The summed E-state index contributed by atoms with van der Waals surface area (Å²) in [4.78, 5) is 26.3. The summed E-state index contributed by atoms with van der Waals surface area (Å²) in [5.41, 5.74) is 1.92. The highest BCUT2D eigenvalue weighted by atomic mass is 32.1. The summed E-state index contributed by atoms with van der Waals surface area (Å²) in [6, 6.07) is 11.2. The first kappa shape index (κ1) is 13.8. The van der Waals surface area contributed by atoms with Gasteiger partial charge in [0.25, 0.3) is 0 Å². The van der Waals surface area contributed by atoms with E-state index in [9.17, 15) is 9.59 Å². The van der Waals surface area contributed by atoms with Gasteiger partial charge in [0.2, 0.25) is 11.8 Å². The second-order valence-corrected chi connectivity index (χ2v) is 5.81. The van der Waals surface area contributed by atoms with Crippen molar-refractivity contribution in [1.29, 1.82) is 0 Å². The highest BCUT2D eigenvalue weighted by Gasteiger charge is 2.30. The van der Waals surface area contributed by atoms with E-state index in [0.717, 1.165) is 11.3 Å². The van der Waals surface area contributed by atoms with Crippen LogP contribution in [0.5, 0.6) is 0 Å². The maximum atomic E-state index is 12.7. The molecule has 0 bridgehead atoms. The van der Waals surface area contributed by atoms with Crippen LogP contribution in [-0.4, -0.2) is 24.4 Å². The predicted octanol–water partition coefficient (Wildman–Crippen LogP) is 2.21. The first-order chi connectivity index (χ1) is 10.2. The number of hydrogen-bond donors (Lipinski definition) is 1. The van der Waals surface area contributed by atoms with Gasteiger partial charge in [-0.25, -0.2) is 0 Å². The maximum absolute atomic E-state index is 12.7. The first-order valence-corrected chi connectivity index (χ1v) is 7.85. The molecule has 4 nitrogen and oxygen atoms in total. The van der Waals surface area contributed by atoms with Gasteiger partial charge in [0.1, 0.15) is 6.04 Å². The molecule has 108 valence electrons. The van der Waals surface area contributed by atoms with Crippen LogP contribution in [0.25, 0.3) is 0 Å². The van der Waals surface area contributed by atoms with Gasteiger partial charge in [0.05, 0.1) is 5.69 Å². The summed E-state index contributed by atoms with van der Waals surface area (Å²) in [6.07, 6.45) is 0.860. The Bertz CT molecular complexity index is 625. The van der Waals surface area contributed by atoms with Crippen molar-refractivity contribution in [2.24, 2.45) is 0 Å². The normalized spacial score (nSPS) is 19.2. The van der Waals surface area contributed by atoms with E-state index in [2.05, 4.69) is 5.32 Å². The van der Waals surface area contributed by atoms with Crippen LogP contribution in [0.3, 0.4) is 0 Å². The Hall–Kier alpha value is -2.14. The Morgan fingerprint density at radius 2 is 2.00 bits per heavy atom. The third-order valence-corrected chi connectivity index (χ3v) is 4.23. The number of amides is 2. The van der Waals surface area contributed by atoms with E-state index in [0.29, 0.717) is 19.4 Å². The van der Waals surface area contributed by atoms with Gasteiger partial charge in [-0.15, -0.1) is 0 Å². The van der Waals surface area contributed by atoms with Crippen LogP contribution in [0.1, 0.15) is 12.0 Å². The Labute approximate surface area is 127 Å². The van der Waals surface area contributed by atoms with E-state index < -0.39 is 6.04 Å². The molecule has 1 N–H and O–H groups in total. The zero-order chi connectivity index (χ0) is 14.7. The number of benzene rings is 1. The fraction of sp³-hybridized carbons (Fsp3) is 0.250. The molecule has 21 heavy (non-hydrogen) atoms. The number of anilines is 1. The number of thiophene rings is 1. The third-order valence-electron chi connectivity index (χ3n) is 3.56. The predicted molar refractivity (Wildman–Crippen MR) is 83.4 cm³/mol. The monoisotopic (exact) mass is 300 g/mol. The minimum atomic E-state index is -0.498. The number of nitrogens with one attached hydrogen (secondary N) is 1. The topological polar surface area (TPSA) is 49.4 Å².